The molecular formula is C28H36N2O5. The number of carbonyl (C=O) groups is 2. The second-order valence-electron chi connectivity index (χ2n) is 9.58. The lowest BCUT2D eigenvalue weighted by Gasteiger charge is -2.26. The molecule has 1 fully saturated rings. The zero-order valence-corrected chi connectivity index (χ0v) is 21.4. The molecule has 188 valence electrons. The number of nitrogens with zero attached hydrogens (tertiary/aromatic N) is 2. The molecule has 3 rings (SSSR count). The van der Waals surface area contributed by atoms with Crippen molar-refractivity contribution in [1.82, 2.24) is 9.80 Å². The number of carbonyl (C=O) groups excluding carboxylic acids is 2. The van der Waals surface area contributed by atoms with E-state index < -0.39 is 17.7 Å². The van der Waals surface area contributed by atoms with E-state index in [1.807, 2.05) is 71.0 Å². The number of aliphatic hydroxyl groups is 1. The molecule has 1 heterocycles. The topological polar surface area (TPSA) is 79.3 Å². The smallest absolute Gasteiger partial charge is 0.295 e. The highest BCUT2D eigenvalue weighted by Gasteiger charge is 2.45. The molecule has 0 aliphatic carbocycles. The Morgan fingerprint density at radius 2 is 1.43 bits per heavy atom. The summed E-state index contributed by atoms with van der Waals surface area (Å²) in [5, 5.41) is 11.2. The van der Waals surface area contributed by atoms with Crippen molar-refractivity contribution >= 4 is 17.4 Å². The van der Waals surface area contributed by atoms with Gasteiger partial charge in [0.25, 0.3) is 11.7 Å². The van der Waals surface area contributed by atoms with Crippen molar-refractivity contribution in [2.75, 3.05) is 27.2 Å². The monoisotopic (exact) mass is 480 g/mol. The average molecular weight is 481 g/mol. The van der Waals surface area contributed by atoms with Crippen LogP contribution in [-0.4, -0.2) is 66.0 Å². The van der Waals surface area contributed by atoms with Gasteiger partial charge in [-0.25, -0.2) is 0 Å². The van der Waals surface area contributed by atoms with Crippen LogP contribution in [0.5, 0.6) is 11.5 Å². The van der Waals surface area contributed by atoms with Crippen molar-refractivity contribution in [2.45, 2.75) is 52.4 Å². The highest BCUT2D eigenvalue weighted by molar-refractivity contribution is 6.46. The van der Waals surface area contributed by atoms with Crippen molar-refractivity contribution in [3.63, 3.8) is 0 Å². The van der Waals surface area contributed by atoms with E-state index in [1.165, 1.54) is 0 Å². The molecule has 0 aromatic heterocycles. The quantitative estimate of drug-likeness (QED) is 0.303. The summed E-state index contributed by atoms with van der Waals surface area (Å²) >= 11 is 0. The highest BCUT2D eigenvalue weighted by atomic mass is 16.5. The van der Waals surface area contributed by atoms with E-state index in [2.05, 4.69) is 0 Å². The van der Waals surface area contributed by atoms with Crippen molar-refractivity contribution in [2.24, 2.45) is 0 Å². The molecule has 7 heteroatoms. The fourth-order valence-corrected chi connectivity index (χ4v) is 4.13. The van der Waals surface area contributed by atoms with Gasteiger partial charge in [0.1, 0.15) is 17.3 Å². The minimum Gasteiger partial charge on any atom is -0.507 e. The third kappa shape index (κ3) is 6.42. The Balaban J connectivity index is 2.02. The molecule has 1 N–H and O–H groups in total. The summed E-state index contributed by atoms with van der Waals surface area (Å²) in [6.07, 6.45) is 0.747. The molecule has 1 aliphatic heterocycles. The number of hydrogen-bond donors (Lipinski definition) is 1. The molecular weight excluding hydrogens is 444 g/mol. The van der Waals surface area contributed by atoms with Crippen LogP contribution < -0.4 is 9.47 Å². The summed E-state index contributed by atoms with van der Waals surface area (Å²) in [6.45, 7) is 8.94. The van der Waals surface area contributed by atoms with Crippen LogP contribution >= 0.6 is 0 Å². The Morgan fingerprint density at radius 1 is 0.914 bits per heavy atom. The van der Waals surface area contributed by atoms with Crippen molar-refractivity contribution in [3.05, 3.63) is 65.2 Å². The Kier molecular flexibility index (Phi) is 8.57. The molecule has 0 bridgehead atoms. The molecule has 0 spiro atoms. The maximum absolute atomic E-state index is 13.2. The van der Waals surface area contributed by atoms with Crippen LogP contribution in [0.25, 0.3) is 5.76 Å². The molecule has 0 saturated carbocycles. The molecule has 2 aromatic rings. The normalized spacial score (nSPS) is 17.6. The van der Waals surface area contributed by atoms with Crippen LogP contribution in [0, 0.1) is 0 Å². The van der Waals surface area contributed by atoms with Gasteiger partial charge in [0.15, 0.2) is 0 Å². The summed E-state index contributed by atoms with van der Waals surface area (Å²) < 4.78 is 11.4. The first kappa shape index (κ1) is 26.3. The van der Waals surface area contributed by atoms with Gasteiger partial charge >= 0.3 is 0 Å². The van der Waals surface area contributed by atoms with E-state index in [9.17, 15) is 14.7 Å². The third-order valence-electron chi connectivity index (χ3n) is 5.61. The number of Topliss-reactive ketones (excluding diaryl/α,β-unsaturated/α-hetero) is 1. The lowest BCUT2D eigenvalue weighted by atomic mass is 9.95. The van der Waals surface area contributed by atoms with E-state index in [0.29, 0.717) is 30.0 Å². The molecule has 1 atom stereocenters. The summed E-state index contributed by atoms with van der Waals surface area (Å²) in [5.41, 5.74) is 1.29. The molecule has 2 aromatic carbocycles. The van der Waals surface area contributed by atoms with Crippen molar-refractivity contribution in [3.8, 4) is 11.5 Å². The number of ketones is 1. The molecule has 1 saturated heterocycles. The summed E-state index contributed by atoms with van der Waals surface area (Å²) in [6, 6.07) is 13.6. The summed E-state index contributed by atoms with van der Waals surface area (Å²) in [4.78, 5) is 29.8. The largest absolute Gasteiger partial charge is 0.507 e. The Bertz CT molecular complexity index is 1060. The zero-order valence-electron chi connectivity index (χ0n) is 21.4. The zero-order chi connectivity index (χ0) is 25.7. The van der Waals surface area contributed by atoms with Crippen LogP contribution in [0.1, 0.15) is 51.3 Å². The lowest BCUT2D eigenvalue weighted by Crippen LogP contribution is -2.32. The van der Waals surface area contributed by atoms with Gasteiger partial charge in [-0.15, -0.1) is 0 Å². The minimum atomic E-state index is -0.683. The Hall–Kier alpha value is -3.32. The predicted molar refractivity (Wildman–Crippen MR) is 137 cm³/mol. The fourth-order valence-electron chi connectivity index (χ4n) is 4.13. The second-order valence-corrected chi connectivity index (χ2v) is 9.58. The van der Waals surface area contributed by atoms with Crippen LogP contribution in [0.3, 0.4) is 0 Å². The molecule has 1 aliphatic rings. The van der Waals surface area contributed by atoms with Gasteiger partial charge in [-0.3, -0.25) is 9.59 Å². The minimum absolute atomic E-state index is 0.0181. The summed E-state index contributed by atoms with van der Waals surface area (Å²) in [5.74, 6) is -0.103. The molecule has 35 heavy (non-hydrogen) atoms. The maximum Gasteiger partial charge on any atom is 0.295 e. The van der Waals surface area contributed by atoms with Crippen molar-refractivity contribution in [1.29, 1.82) is 0 Å². The van der Waals surface area contributed by atoms with Gasteiger partial charge in [-0.2, -0.15) is 0 Å². The standard InChI is InChI=1S/C28H36N2O5/c1-18(2)34-22-12-8-20(9-13-22)25-24(27(32)28(33)30(25)17-7-16-29(5)6)26(31)21-10-14-23(15-11-21)35-19(3)4/h8-15,18-19,25,31H,7,16-17H2,1-6H3/b26-24-. The lowest BCUT2D eigenvalue weighted by molar-refractivity contribution is -0.139. The highest BCUT2D eigenvalue weighted by Crippen LogP contribution is 2.40. The van der Waals surface area contributed by atoms with E-state index in [-0.39, 0.29) is 23.5 Å². The van der Waals surface area contributed by atoms with Gasteiger partial charge in [0.2, 0.25) is 0 Å². The van der Waals surface area contributed by atoms with Crippen LogP contribution in [0.4, 0.5) is 0 Å². The fraction of sp³-hybridized carbons (Fsp3) is 0.429. The average Bonchev–Trinajstić information content (AvgIpc) is 3.04. The van der Waals surface area contributed by atoms with Crippen LogP contribution in [-0.2, 0) is 9.59 Å². The van der Waals surface area contributed by atoms with Crippen molar-refractivity contribution < 1.29 is 24.2 Å². The van der Waals surface area contributed by atoms with Gasteiger partial charge in [-0.05, 0) is 96.7 Å². The number of aliphatic hydroxyl groups excluding tert-OH is 1. The van der Waals surface area contributed by atoms with Gasteiger partial charge in [0.05, 0.1) is 23.8 Å². The van der Waals surface area contributed by atoms with Gasteiger partial charge < -0.3 is 24.4 Å². The molecule has 7 nitrogen and oxygen atoms in total. The van der Waals surface area contributed by atoms with E-state index in [1.54, 1.807) is 29.2 Å². The van der Waals surface area contributed by atoms with Gasteiger partial charge in [0, 0.05) is 12.1 Å². The first-order valence-electron chi connectivity index (χ1n) is 12.0. The Morgan fingerprint density at radius 3 is 1.91 bits per heavy atom. The SMILES string of the molecule is CC(C)Oc1ccc(/C(O)=C2/C(=O)C(=O)N(CCCN(C)C)C2c2ccc(OC(C)C)cc2)cc1. The van der Waals surface area contributed by atoms with Gasteiger partial charge in [-0.1, -0.05) is 12.1 Å². The van der Waals surface area contributed by atoms with E-state index in [0.717, 1.165) is 12.1 Å². The number of ether oxygens (including phenoxy) is 2. The predicted octanol–water partition coefficient (Wildman–Crippen LogP) is 4.63. The molecule has 0 radical (unpaired) electrons. The molecule has 1 amide bonds. The Labute approximate surface area is 207 Å². The first-order valence-corrected chi connectivity index (χ1v) is 12.0. The number of hydrogen-bond acceptors (Lipinski definition) is 6. The van der Waals surface area contributed by atoms with E-state index >= 15 is 0 Å². The number of rotatable bonds is 10. The number of benzene rings is 2. The van der Waals surface area contributed by atoms with Crippen LogP contribution in [0.15, 0.2) is 54.1 Å². The number of amides is 1. The number of likely N-dealkylation sites (tertiary alicyclic amines) is 1. The second kappa shape index (κ2) is 11.4. The third-order valence-corrected chi connectivity index (χ3v) is 5.61. The first-order chi connectivity index (χ1) is 16.6. The van der Waals surface area contributed by atoms with Crippen LogP contribution in [0.2, 0.25) is 0 Å². The molecule has 1 unspecified atom stereocenters. The van der Waals surface area contributed by atoms with E-state index in [4.69, 9.17) is 9.47 Å². The maximum atomic E-state index is 13.2. The summed E-state index contributed by atoms with van der Waals surface area (Å²) in [7, 11) is 3.93.